The predicted molar refractivity (Wildman–Crippen MR) is 77.9 cm³/mol. The Balaban J connectivity index is 1.85. The third-order valence-corrected chi connectivity index (χ3v) is 4.30. The largest absolute Gasteiger partial charge is 0.388 e. The van der Waals surface area contributed by atoms with Gasteiger partial charge in [-0.25, -0.2) is 0 Å². The van der Waals surface area contributed by atoms with Gasteiger partial charge in [-0.05, 0) is 36.5 Å². The van der Waals surface area contributed by atoms with Crippen LogP contribution in [0, 0.1) is 5.92 Å². The van der Waals surface area contributed by atoms with E-state index in [1.807, 2.05) is 24.4 Å². The molecule has 0 spiro atoms. The molecule has 100 valence electrons. The van der Waals surface area contributed by atoms with Crippen LogP contribution in [0.5, 0.6) is 0 Å². The normalized spacial score (nSPS) is 19.2. The van der Waals surface area contributed by atoms with Gasteiger partial charge >= 0.3 is 0 Å². The highest BCUT2D eigenvalue weighted by atomic mass is 16.3. The van der Waals surface area contributed by atoms with Crippen LogP contribution >= 0.6 is 0 Å². The van der Waals surface area contributed by atoms with Crippen molar-refractivity contribution in [3.63, 3.8) is 0 Å². The van der Waals surface area contributed by atoms with Crippen LogP contribution in [0.3, 0.4) is 0 Å². The predicted octanol–water partition coefficient (Wildman–Crippen LogP) is 4.24. The van der Waals surface area contributed by atoms with Crippen molar-refractivity contribution in [2.45, 2.75) is 44.6 Å². The van der Waals surface area contributed by atoms with E-state index in [-0.39, 0.29) is 6.10 Å². The first-order chi connectivity index (χ1) is 9.34. The first-order valence-electron chi connectivity index (χ1n) is 7.37. The third kappa shape index (κ3) is 2.79. The number of hydrogen-bond donors (Lipinski definition) is 1. The van der Waals surface area contributed by atoms with Gasteiger partial charge in [0.25, 0.3) is 0 Å². The lowest BCUT2D eigenvalue weighted by Gasteiger charge is -2.21. The van der Waals surface area contributed by atoms with Crippen LogP contribution in [0.1, 0.15) is 50.2 Å². The summed E-state index contributed by atoms with van der Waals surface area (Å²) in [5.74, 6) is 0.408. The number of pyridine rings is 1. The maximum atomic E-state index is 10.6. The zero-order valence-corrected chi connectivity index (χ0v) is 11.3. The Morgan fingerprint density at radius 3 is 2.58 bits per heavy atom. The van der Waals surface area contributed by atoms with Crippen molar-refractivity contribution in [3.8, 4) is 0 Å². The number of para-hydroxylation sites is 1. The van der Waals surface area contributed by atoms with Gasteiger partial charge < -0.3 is 5.11 Å². The molecular formula is C17H21NO. The van der Waals surface area contributed by atoms with E-state index in [2.05, 4.69) is 17.1 Å². The second-order valence-corrected chi connectivity index (χ2v) is 5.66. The molecule has 3 rings (SSSR count). The summed E-state index contributed by atoms with van der Waals surface area (Å²) < 4.78 is 0. The fourth-order valence-corrected chi connectivity index (χ4v) is 3.15. The first-order valence-corrected chi connectivity index (χ1v) is 7.37. The number of aromatic nitrogens is 1. The number of hydrogen-bond acceptors (Lipinski definition) is 2. The molecule has 2 nitrogen and oxygen atoms in total. The summed E-state index contributed by atoms with van der Waals surface area (Å²) in [7, 11) is 0. The lowest BCUT2D eigenvalue weighted by molar-refractivity contribution is 0.0986. The van der Waals surface area contributed by atoms with Crippen molar-refractivity contribution < 1.29 is 5.11 Å². The average Bonchev–Trinajstić information content (AvgIpc) is 2.75. The van der Waals surface area contributed by atoms with E-state index in [0.717, 1.165) is 29.3 Å². The van der Waals surface area contributed by atoms with E-state index in [4.69, 9.17) is 0 Å². The summed E-state index contributed by atoms with van der Waals surface area (Å²) in [6.07, 6.45) is 8.93. The van der Waals surface area contributed by atoms with Gasteiger partial charge in [-0.1, -0.05) is 43.9 Å². The molecule has 1 heterocycles. The van der Waals surface area contributed by atoms with Crippen molar-refractivity contribution in [1.82, 2.24) is 4.98 Å². The standard InChI is InChI=1S/C17H21NO/c19-17(13-7-3-1-2-4-8-13)15-11-14-9-5-6-10-16(14)18-12-15/h5-6,9-13,17,19H,1-4,7-8H2. The molecule has 1 atom stereocenters. The zero-order chi connectivity index (χ0) is 13.1. The number of nitrogens with zero attached hydrogens (tertiary/aromatic N) is 1. The summed E-state index contributed by atoms with van der Waals surface area (Å²) in [5, 5.41) is 11.7. The number of aliphatic hydroxyl groups excluding tert-OH is 1. The number of benzene rings is 1. The minimum absolute atomic E-state index is 0.352. The van der Waals surface area contributed by atoms with Crippen molar-refractivity contribution in [1.29, 1.82) is 0 Å². The molecule has 1 fully saturated rings. The number of fused-ring (bicyclic) bond motifs is 1. The highest BCUT2D eigenvalue weighted by Gasteiger charge is 2.22. The van der Waals surface area contributed by atoms with Crippen molar-refractivity contribution >= 4 is 10.9 Å². The van der Waals surface area contributed by atoms with Gasteiger partial charge in [0.05, 0.1) is 11.6 Å². The van der Waals surface area contributed by atoms with Crippen molar-refractivity contribution in [2.75, 3.05) is 0 Å². The van der Waals surface area contributed by atoms with Crippen LogP contribution < -0.4 is 0 Å². The lowest BCUT2D eigenvalue weighted by Crippen LogP contribution is -2.12. The van der Waals surface area contributed by atoms with Crippen LogP contribution in [0.4, 0.5) is 0 Å². The van der Waals surface area contributed by atoms with Gasteiger partial charge in [0.1, 0.15) is 0 Å². The quantitative estimate of drug-likeness (QED) is 0.814. The zero-order valence-electron chi connectivity index (χ0n) is 11.3. The second kappa shape index (κ2) is 5.70. The van der Waals surface area contributed by atoms with Gasteiger partial charge in [-0.15, -0.1) is 0 Å². The maximum Gasteiger partial charge on any atom is 0.0833 e. The third-order valence-electron chi connectivity index (χ3n) is 4.30. The Morgan fingerprint density at radius 2 is 1.79 bits per heavy atom. The molecule has 2 heteroatoms. The Morgan fingerprint density at radius 1 is 1.05 bits per heavy atom. The molecule has 2 aromatic rings. The molecule has 19 heavy (non-hydrogen) atoms. The maximum absolute atomic E-state index is 10.6. The lowest BCUT2D eigenvalue weighted by atomic mass is 9.90. The molecule has 1 N–H and O–H groups in total. The molecule has 1 aromatic carbocycles. The molecule has 1 unspecified atom stereocenters. The molecule has 0 amide bonds. The van der Waals surface area contributed by atoms with Crippen LogP contribution in [-0.4, -0.2) is 10.1 Å². The van der Waals surface area contributed by atoms with E-state index in [9.17, 15) is 5.11 Å². The molecule has 0 aliphatic heterocycles. The average molecular weight is 255 g/mol. The monoisotopic (exact) mass is 255 g/mol. The van der Waals surface area contributed by atoms with Gasteiger partial charge in [0.15, 0.2) is 0 Å². The molecular weight excluding hydrogens is 234 g/mol. The van der Waals surface area contributed by atoms with Gasteiger partial charge in [0, 0.05) is 11.6 Å². The molecule has 0 radical (unpaired) electrons. The topological polar surface area (TPSA) is 33.1 Å². The van der Waals surface area contributed by atoms with Crippen LogP contribution in [0.25, 0.3) is 10.9 Å². The van der Waals surface area contributed by atoms with Gasteiger partial charge in [0.2, 0.25) is 0 Å². The van der Waals surface area contributed by atoms with E-state index in [1.54, 1.807) is 0 Å². The fraction of sp³-hybridized carbons (Fsp3) is 0.471. The summed E-state index contributed by atoms with van der Waals surface area (Å²) in [6.45, 7) is 0. The Labute approximate surface area is 114 Å². The molecule has 1 saturated carbocycles. The molecule has 1 aromatic heterocycles. The highest BCUT2D eigenvalue weighted by Crippen LogP contribution is 2.33. The van der Waals surface area contributed by atoms with E-state index >= 15 is 0 Å². The Kier molecular flexibility index (Phi) is 3.79. The molecule has 1 aliphatic carbocycles. The summed E-state index contributed by atoms with van der Waals surface area (Å²) >= 11 is 0. The van der Waals surface area contributed by atoms with Crippen molar-refractivity contribution in [2.24, 2.45) is 5.92 Å². The summed E-state index contributed by atoms with van der Waals surface area (Å²) in [4.78, 5) is 4.46. The first kappa shape index (κ1) is 12.6. The fourth-order valence-electron chi connectivity index (χ4n) is 3.15. The molecule has 0 bridgehead atoms. The minimum atomic E-state index is -0.352. The van der Waals surface area contributed by atoms with Gasteiger partial charge in [-0.2, -0.15) is 0 Å². The number of rotatable bonds is 2. The van der Waals surface area contributed by atoms with E-state index < -0.39 is 0 Å². The summed E-state index contributed by atoms with van der Waals surface area (Å²) in [5.41, 5.74) is 1.98. The highest BCUT2D eigenvalue weighted by molar-refractivity contribution is 5.78. The number of aliphatic hydroxyl groups is 1. The Bertz CT molecular complexity index is 544. The Hall–Kier alpha value is -1.41. The molecule has 1 aliphatic rings. The van der Waals surface area contributed by atoms with Crippen LogP contribution in [0.2, 0.25) is 0 Å². The van der Waals surface area contributed by atoms with E-state index in [0.29, 0.717) is 5.92 Å². The second-order valence-electron chi connectivity index (χ2n) is 5.66. The van der Waals surface area contributed by atoms with Crippen molar-refractivity contribution in [3.05, 3.63) is 42.1 Å². The smallest absolute Gasteiger partial charge is 0.0833 e. The molecule has 0 saturated heterocycles. The van der Waals surface area contributed by atoms with Crippen LogP contribution in [0.15, 0.2) is 36.5 Å². The van der Waals surface area contributed by atoms with Crippen LogP contribution in [-0.2, 0) is 0 Å². The van der Waals surface area contributed by atoms with Gasteiger partial charge in [-0.3, -0.25) is 4.98 Å². The summed E-state index contributed by atoms with van der Waals surface area (Å²) in [6, 6.07) is 10.2. The SMILES string of the molecule is OC(c1cnc2ccccc2c1)C1CCCCCC1. The minimum Gasteiger partial charge on any atom is -0.388 e. The van der Waals surface area contributed by atoms with E-state index in [1.165, 1.54) is 25.7 Å².